The summed E-state index contributed by atoms with van der Waals surface area (Å²) in [6, 6.07) is 20.3. The van der Waals surface area contributed by atoms with Crippen LogP contribution in [0.25, 0.3) is 0 Å². The Labute approximate surface area is 237 Å². The van der Waals surface area contributed by atoms with E-state index >= 15 is 0 Å². The Bertz CT molecular complexity index is 1350. The Balaban J connectivity index is 1.57. The van der Waals surface area contributed by atoms with Crippen molar-refractivity contribution in [2.75, 3.05) is 0 Å². The fourth-order valence-electron chi connectivity index (χ4n) is 3.62. The number of hydrogen-bond donors (Lipinski definition) is 3. The van der Waals surface area contributed by atoms with Crippen LogP contribution >= 0.6 is 44.8 Å². The summed E-state index contributed by atoms with van der Waals surface area (Å²) in [6.45, 7) is 0. The molecular weight excluding hydrogens is 634 g/mol. The number of hydrogen-bond acceptors (Lipinski definition) is 7. The van der Waals surface area contributed by atoms with Gasteiger partial charge in [-0.3, -0.25) is 0 Å². The first-order valence-corrected chi connectivity index (χ1v) is 19.2. The van der Waals surface area contributed by atoms with Gasteiger partial charge in [-0.05, 0) is 0 Å². The van der Waals surface area contributed by atoms with Crippen molar-refractivity contribution < 1.29 is 35.7 Å². The molecular formula is C24H22Cl2F4N3O4P3. The van der Waals surface area contributed by atoms with Crippen LogP contribution < -0.4 is 32.7 Å². The van der Waals surface area contributed by atoms with Crippen molar-refractivity contribution in [3.05, 3.63) is 120 Å². The molecule has 0 bridgehead atoms. The third kappa shape index (κ3) is 7.43. The molecule has 7 nitrogen and oxygen atoms in total. The van der Waals surface area contributed by atoms with E-state index in [9.17, 15) is 17.6 Å². The predicted molar refractivity (Wildman–Crippen MR) is 154 cm³/mol. The molecule has 1 aliphatic rings. The Kier molecular flexibility index (Phi) is 8.58. The second kappa shape index (κ2) is 11.8. The average Bonchev–Trinajstić information content (AvgIpc) is 2.89. The van der Waals surface area contributed by atoms with E-state index in [1.54, 1.807) is 0 Å². The van der Waals surface area contributed by atoms with Gasteiger partial charge in [0.2, 0.25) is 0 Å². The van der Waals surface area contributed by atoms with Crippen molar-refractivity contribution in [2.45, 2.75) is 0 Å². The van der Waals surface area contributed by atoms with Crippen molar-refractivity contribution in [3.63, 3.8) is 0 Å². The van der Waals surface area contributed by atoms with Gasteiger partial charge in [0.05, 0.1) is 0 Å². The molecule has 0 aromatic heterocycles. The predicted octanol–water partition coefficient (Wildman–Crippen LogP) is 8.35. The Morgan fingerprint density at radius 3 is 0.925 bits per heavy atom. The molecule has 1 aliphatic heterocycles. The van der Waals surface area contributed by atoms with Crippen LogP contribution in [0, 0.1) is 23.3 Å². The van der Waals surface area contributed by atoms with Gasteiger partial charge >= 0.3 is 238 Å². The van der Waals surface area contributed by atoms with E-state index in [1.165, 1.54) is 97.1 Å². The molecule has 3 N–H and O–H groups in total. The van der Waals surface area contributed by atoms with Crippen molar-refractivity contribution in [1.29, 1.82) is 0 Å². The van der Waals surface area contributed by atoms with Crippen molar-refractivity contribution in [3.8, 4) is 23.0 Å². The van der Waals surface area contributed by atoms with Gasteiger partial charge in [0, 0.05) is 0 Å². The molecule has 0 spiro atoms. The molecule has 0 radical (unpaired) electrons. The van der Waals surface area contributed by atoms with Gasteiger partial charge in [-0.2, -0.15) is 0 Å². The van der Waals surface area contributed by atoms with Crippen LogP contribution in [-0.2, 0) is 0 Å². The third-order valence-electron chi connectivity index (χ3n) is 5.27. The van der Waals surface area contributed by atoms with Crippen LogP contribution in [0.1, 0.15) is 0 Å². The van der Waals surface area contributed by atoms with E-state index < -0.39 is 45.6 Å². The van der Waals surface area contributed by atoms with Gasteiger partial charge in [0.1, 0.15) is 0 Å². The second-order valence-corrected chi connectivity index (χ2v) is 19.0. The van der Waals surface area contributed by atoms with Crippen LogP contribution in [0.3, 0.4) is 0 Å². The topological polar surface area (TPSA) is 73.0 Å². The average molecular weight is 656 g/mol. The molecule has 0 unspecified atom stereocenters. The second-order valence-electron chi connectivity index (χ2n) is 8.41. The van der Waals surface area contributed by atoms with Crippen LogP contribution in [0.2, 0.25) is 0 Å². The summed E-state index contributed by atoms with van der Waals surface area (Å²) >= 11 is 14.0. The maximum atomic E-state index is 13.7. The molecule has 0 atom stereocenters. The SMILES string of the molecule is Fc1ccc(O[PH]2(Cl)N[PH](Cl)(Oc3ccc(F)cc3)N[PH](Oc3ccc(F)cc3)(Oc3ccc(F)cc3)N2)cc1. The minimum absolute atomic E-state index is 0.168. The zero-order chi connectivity index (χ0) is 28.4. The summed E-state index contributed by atoms with van der Waals surface area (Å²) in [5.74, 6) is -1.29. The fraction of sp³-hybridized carbons (Fsp3) is 0. The monoisotopic (exact) mass is 655 g/mol. The van der Waals surface area contributed by atoms with E-state index in [2.05, 4.69) is 14.6 Å². The van der Waals surface area contributed by atoms with Crippen LogP contribution in [0.4, 0.5) is 17.6 Å². The summed E-state index contributed by atoms with van der Waals surface area (Å²) < 4.78 is 79.0. The molecule has 214 valence electrons. The molecule has 40 heavy (non-hydrogen) atoms. The zero-order valence-corrected chi connectivity index (χ0v) is 24.7. The molecule has 1 heterocycles. The molecule has 4 aromatic carbocycles. The van der Waals surface area contributed by atoms with Crippen molar-refractivity contribution in [1.82, 2.24) is 14.6 Å². The van der Waals surface area contributed by atoms with E-state index in [4.69, 9.17) is 40.6 Å². The molecule has 0 amide bonds. The van der Waals surface area contributed by atoms with Crippen molar-refractivity contribution in [2.24, 2.45) is 0 Å². The van der Waals surface area contributed by atoms with Crippen LogP contribution in [-0.4, -0.2) is 0 Å². The fourth-order valence-corrected chi connectivity index (χ4v) is 20.2. The van der Waals surface area contributed by atoms with E-state index in [0.29, 0.717) is 0 Å². The summed E-state index contributed by atoms with van der Waals surface area (Å²) in [5.41, 5.74) is 0. The van der Waals surface area contributed by atoms with Gasteiger partial charge in [0.15, 0.2) is 0 Å². The van der Waals surface area contributed by atoms with Gasteiger partial charge < -0.3 is 0 Å². The molecule has 0 saturated carbocycles. The number of nitrogens with one attached hydrogen (secondary N) is 3. The Morgan fingerprint density at radius 1 is 0.400 bits per heavy atom. The van der Waals surface area contributed by atoms with Crippen LogP contribution in [0.5, 0.6) is 23.0 Å². The van der Waals surface area contributed by atoms with Crippen LogP contribution in [0.15, 0.2) is 97.1 Å². The maximum absolute atomic E-state index is 13.7. The summed E-state index contributed by atoms with van der Waals surface area (Å²) in [7, 11) is -12.1. The van der Waals surface area contributed by atoms with Gasteiger partial charge in [-0.1, -0.05) is 0 Å². The molecule has 1 saturated heterocycles. The molecule has 0 aliphatic carbocycles. The third-order valence-corrected chi connectivity index (χ3v) is 19.0. The van der Waals surface area contributed by atoms with Gasteiger partial charge in [-0.15, -0.1) is 0 Å². The summed E-state index contributed by atoms with van der Waals surface area (Å²) in [4.78, 5) is 9.12. The number of rotatable bonds is 8. The first-order chi connectivity index (χ1) is 19.0. The Morgan fingerprint density at radius 2 is 0.650 bits per heavy atom. The summed E-state index contributed by atoms with van der Waals surface area (Å²) in [5, 5.41) is 0. The number of benzene rings is 4. The first kappa shape index (κ1) is 29.1. The normalized spacial score (nSPS) is 19.4. The molecule has 4 aromatic rings. The van der Waals surface area contributed by atoms with Crippen molar-refractivity contribution >= 4 is 44.8 Å². The molecule has 16 heteroatoms. The minimum atomic E-state index is -4.15. The Hall–Kier alpha value is -2.45. The zero-order valence-electron chi connectivity index (χ0n) is 20.1. The summed E-state index contributed by atoms with van der Waals surface area (Å²) in [6.07, 6.45) is 0. The quantitative estimate of drug-likeness (QED) is 0.130. The standard InChI is InChI=1S/C24H22Cl2F4N3O4P3/c25-38(34-21-9-1-17(27)2-10-21)31-39(26,35-22-11-3-18(28)4-12-22)33-40(32-38,36-23-13-5-19(29)6-14-23)37-24-15-7-20(30)8-16-24/h1-16,31-33,38-40H. The van der Waals surface area contributed by atoms with Gasteiger partial charge in [-0.25, -0.2) is 0 Å². The molecule has 1 fully saturated rings. The van der Waals surface area contributed by atoms with E-state index in [0.717, 1.165) is 0 Å². The number of halogens is 6. The van der Waals surface area contributed by atoms with E-state index in [-0.39, 0.29) is 23.0 Å². The first-order valence-electron chi connectivity index (χ1n) is 11.6. The molecule has 5 rings (SSSR count). The van der Waals surface area contributed by atoms with E-state index in [1.807, 2.05) is 0 Å². The van der Waals surface area contributed by atoms with Gasteiger partial charge in [0.25, 0.3) is 0 Å².